The van der Waals surface area contributed by atoms with Crippen molar-refractivity contribution >= 4 is 57.2 Å². The monoisotopic (exact) mass is 504 g/mol. The van der Waals surface area contributed by atoms with E-state index in [9.17, 15) is 9.59 Å². The molecule has 0 bridgehead atoms. The number of amides is 1. The van der Waals surface area contributed by atoms with Gasteiger partial charge < -0.3 is 4.74 Å². The highest BCUT2D eigenvalue weighted by Gasteiger charge is 2.13. The van der Waals surface area contributed by atoms with Gasteiger partial charge in [0.25, 0.3) is 5.91 Å². The molecule has 0 aliphatic rings. The van der Waals surface area contributed by atoms with Crippen LogP contribution < -0.4 is 10.2 Å². The summed E-state index contributed by atoms with van der Waals surface area (Å²) in [7, 11) is 0. The van der Waals surface area contributed by atoms with E-state index < -0.39 is 11.9 Å². The molecule has 0 aliphatic heterocycles. The van der Waals surface area contributed by atoms with Crippen LogP contribution in [0, 0.1) is 6.92 Å². The minimum atomic E-state index is -0.482. The van der Waals surface area contributed by atoms with E-state index >= 15 is 0 Å². The Labute approximate surface area is 191 Å². The minimum absolute atomic E-state index is 0.269. The van der Waals surface area contributed by atoms with E-state index in [0.29, 0.717) is 27.5 Å². The molecule has 3 aromatic carbocycles. The number of esters is 1. The van der Waals surface area contributed by atoms with Crippen molar-refractivity contribution in [3.05, 3.63) is 97.4 Å². The molecule has 0 heterocycles. The van der Waals surface area contributed by atoms with Crippen LogP contribution in [0.2, 0.25) is 10.0 Å². The summed E-state index contributed by atoms with van der Waals surface area (Å²) in [4.78, 5) is 24.8. The van der Waals surface area contributed by atoms with Gasteiger partial charge in [0.1, 0.15) is 5.75 Å². The van der Waals surface area contributed by atoms with Crippen molar-refractivity contribution in [1.82, 2.24) is 5.43 Å². The predicted octanol–water partition coefficient (Wildman–Crippen LogP) is 6.05. The first-order chi connectivity index (χ1) is 14.3. The largest absolute Gasteiger partial charge is 0.422 e. The number of ether oxygens (including phenoxy) is 1. The molecule has 0 atom stereocenters. The zero-order valence-corrected chi connectivity index (χ0v) is 18.8. The van der Waals surface area contributed by atoms with E-state index in [2.05, 4.69) is 26.5 Å². The first-order valence-corrected chi connectivity index (χ1v) is 10.3. The third-order valence-electron chi connectivity index (χ3n) is 4.09. The van der Waals surface area contributed by atoms with Gasteiger partial charge in [-0.1, -0.05) is 57.3 Å². The molecule has 0 spiro atoms. The molecular weight excluding hydrogens is 491 g/mol. The maximum atomic E-state index is 12.5. The first kappa shape index (κ1) is 22.0. The Bertz CT molecular complexity index is 1150. The van der Waals surface area contributed by atoms with E-state index in [1.807, 2.05) is 19.1 Å². The average molecular weight is 506 g/mol. The summed E-state index contributed by atoms with van der Waals surface area (Å²) in [6.07, 6.45) is 1.39. The second-order valence-electron chi connectivity index (χ2n) is 6.21. The molecule has 3 aromatic rings. The summed E-state index contributed by atoms with van der Waals surface area (Å²) in [5.41, 5.74) is 4.49. The van der Waals surface area contributed by atoms with Crippen LogP contribution in [0.5, 0.6) is 5.75 Å². The Hall–Kier alpha value is -2.67. The van der Waals surface area contributed by atoms with Crippen molar-refractivity contribution in [2.75, 3.05) is 0 Å². The molecule has 3 rings (SSSR count). The summed E-state index contributed by atoms with van der Waals surface area (Å²) < 4.78 is 6.30. The maximum Gasteiger partial charge on any atom is 0.343 e. The molecule has 0 saturated carbocycles. The maximum absolute atomic E-state index is 12.5. The first-order valence-electron chi connectivity index (χ1n) is 8.71. The lowest BCUT2D eigenvalue weighted by Gasteiger charge is -2.09. The van der Waals surface area contributed by atoms with Crippen LogP contribution in [-0.2, 0) is 0 Å². The number of nitrogens with zero attached hydrogens (tertiary/aromatic N) is 1. The molecule has 0 radical (unpaired) electrons. The number of rotatable bonds is 5. The molecule has 1 N–H and O–H groups in total. The van der Waals surface area contributed by atoms with Crippen molar-refractivity contribution in [1.29, 1.82) is 0 Å². The summed E-state index contributed by atoms with van der Waals surface area (Å²) in [6.45, 7) is 1.83. The third-order valence-corrected chi connectivity index (χ3v) is 5.32. The Kier molecular flexibility index (Phi) is 7.26. The number of nitrogens with one attached hydrogen (secondary N) is 1. The summed E-state index contributed by atoms with van der Waals surface area (Å²) in [5, 5.41) is 4.58. The van der Waals surface area contributed by atoms with Gasteiger partial charge in [0.15, 0.2) is 0 Å². The average Bonchev–Trinajstić information content (AvgIpc) is 2.72. The van der Waals surface area contributed by atoms with Gasteiger partial charge in [0, 0.05) is 15.6 Å². The fraction of sp³-hybridized carbons (Fsp3) is 0.0455. The molecule has 0 aromatic heterocycles. The molecule has 30 heavy (non-hydrogen) atoms. The van der Waals surface area contributed by atoms with Gasteiger partial charge in [-0.2, -0.15) is 5.10 Å². The number of hydrogen-bond acceptors (Lipinski definition) is 4. The van der Waals surface area contributed by atoms with Gasteiger partial charge >= 0.3 is 5.97 Å². The van der Waals surface area contributed by atoms with Crippen molar-refractivity contribution in [3.8, 4) is 5.75 Å². The normalized spacial score (nSPS) is 10.8. The van der Waals surface area contributed by atoms with Crippen LogP contribution in [0.25, 0.3) is 0 Å². The Morgan fingerprint density at radius 2 is 1.80 bits per heavy atom. The summed E-state index contributed by atoms with van der Waals surface area (Å²) in [5.74, 6) is -0.637. The van der Waals surface area contributed by atoms with Crippen LogP contribution in [-0.4, -0.2) is 18.1 Å². The van der Waals surface area contributed by atoms with E-state index in [4.69, 9.17) is 27.9 Å². The van der Waals surface area contributed by atoms with Gasteiger partial charge in [-0.3, -0.25) is 4.79 Å². The molecule has 1 amide bonds. The highest BCUT2D eigenvalue weighted by molar-refractivity contribution is 9.10. The smallest absolute Gasteiger partial charge is 0.343 e. The highest BCUT2D eigenvalue weighted by atomic mass is 79.9. The van der Waals surface area contributed by atoms with Crippen LogP contribution in [0.15, 0.2) is 70.2 Å². The minimum Gasteiger partial charge on any atom is -0.422 e. The van der Waals surface area contributed by atoms with E-state index in [1.165, 1.54) is 24.4 Å². The van der Waals surface area contributed by atoms with Gasteiger partial charge in [0.05, 0.1) is 21.8 Å². The standard InChI is InChI=1S/C22H15BrCl2N2O3/c1-13-4-2-3-5-17(13)22(29)30-20-9-7-16(23)10-15(20)12-26-27-21(28)14-6-8-18(24)19(25)11-14/h2-12H,1H3,(H,27,28)/b26-12-. The molecule has 8 heteroatoms. The number of hydrazone groups is 1. The van der Waals surface area contributed by atoms with Crippen molar-refractivity contribution in [2.24, 2.45) is 5.10 Å². The van der Waals surface area contributed by atoms with Gasteiger partial charge in [-0.05, 0) is 55.0 Å². The Morgan fingerprint density at radius 1 is 1.03 bits per heavy atom. The van der Waals surface area contributed by atoms with Crippen molar-refractivity contribution in [3.63, 3.8) is 0 Å². The fourth-order valence-corrected chi connectivity index (χ4v) is 3.21. The number of aryl methyl sites for hydroxylation is 1. The number of halogens is 3. The fourth-order valence-electron chi connectivity index (χ4n) is 2.53. The van der Waals surface area contributed by atoms with Crippen LogP contribution >= 0.6 is 39.1 Å². The number of hydrogen-bond donors (Lipinski definition) is 1. The Morgan fingerprint density at radius 3 is 2.53 bits per heavy atom. The molecule has 0 aliphatic carbocycles. The number of carbonyl (C=O) groups is 2. The van der Waals surface area contributed by atoms with Crippen LogP contribution in [0.4, 0.5) is 0 Å². The molecule has 0 saturated heterocycles. The SMILES string of the molecule is Cc1ccccc1C(=O)Oc1ccc(Br)cc1/C=N\NC(=O)c1ccc(Cl)c(Cl)c1. The second kappa shape index (κ2) is 9.89. The molecule has 152 valence electrons. The lowest BCUT2D eigenvalue weighted by Crippen LogP contribution is -2.17. The number of carbonyl (C=O) groups excluding carboxylic acids is 2. The van der Waals surface area contributed by atoms with Crippen molar-refractivity contribution < 1.29 is 14.3 Å². The van der Waals surface area contributed by atoms with E-state index in [1.54, 1.807) is 30.3 Å². The van der Waals surface area contributed by atoms with Crippen LogP contribution in [0.1, 0.15) is 31.8 Å². The second-order valence-corrected chi connectivity index (χ2v) is 7.94. The van der Waals surface area contributed by atoms with Gasteiger partial charge in [-0.15, -0.1) is 0 Å². The summed E-state index contributed by atoms with van der Waals surface area (Å²) >= 11 is 15.2. The van der Waals surface area contributed by atoms with E-state index in [-0.39, 0.29) is 5.02 Å². The van der Waals surface area contributed by atoms with Gasteiger partial charge in [-0.25, -0.2) is 10.2 Å². The highest BCUT2D eigenvalue weighted by Crippen LogP contribution is 2.24. The van der Waals surface area contributed by atoms with Crippen LogP contribution in [0.3, 0.4) is 0 Å². The lowest BCUT2D eigenvalue weighted by molar-refractivity contribution is 0.0733. The van der Waals surface area contributed by atoms with Crippen molar-refractivity contribution in [2.45, 2.75) is 6.92 Å². The quantitative estimate of drug-likeness (QED) is 0.199. The zero-order chi connectivity index (χ0) is 21.7. The van der Waals surface area contributed by atoms with E-state index in [0.717, 1.165) is 10.0 Å². The molecule has 0 fully saturated rings. The molecule has 5 nitrogen and oxygen atoms in total. The topological polar surface area (TPSA) is 67.8 Å². The van der Waals surface area contributed by atoms with Gasteiger partial charge in [0.2, 0.25) is 0 Å². The zero-order valence-electron chi connectivity index (χ0n) is 15.7. The Balaban J connectivity index is 1.76. The molecule has 0 unspecified atom stereocenters. The predicted molar refractivity (Wildman–Crippen MR) is 122 cm³/mol. The lowest BCUT2D eigenvalue weighted by atomic mass is 10.1. The summed E-state index contributed by atoms with van der Waals surface area (Å²) in [6, 6.07) is 16.8. The molecular formula is C22H15BrCl2N2O3. The number of benzene rings is 3. The third kappa shape index (κ3) is 5.48.